The first kappa shape index (κ1) is 24.8. The molecule has 29 heavy (non-hydrogen) atoms. The number of guanidine groups is 1. The van der Waals surface area contributed by atoms with Crippen molar-refractivity contribution in [2.75, 3.05) is 33.3 Å². The van der Waals surface area contributed by atoms with Gasteiger partial charge in [-0.25, -0.2) is 4.99 Å². The number of nitrogens with one attached hydrogen (secondary N) is 3. The number of ether oxygens (including phenoxy) is 1. The smallest absolute Gasteiger partial charge is 0.242 e. The number of benzene rings is 1. The number of carbonyl (C=O) groups is 1. The summed E-state index contributed by atoms with van der Waals surface area (Å²) in [6.45, 7) is 14.1. The van der Waals surface area contributed by atoms with Crippen molar-refractivity contribution >= 4 is 11.9 Å². The number of amides is 1. The Bertz CT molecular complexity index is 606. The van der Waals surface area contributed by atoms with Gasteiger partial charge >= 0.3 is 0 Å². The zero-order valence-corrected chi connectivity index (χ0v) is 18.9. The van der Waals surface area contributed by atoms with E-state index in [1.807, 2.05) is 31.2 Å². The molecule has 0 saturated heterocycles. The molecule has 0 aliphatic rings. The molecule has 0 unspecified atom stereocenters. The fraction of sp³-hybridized carbons (Fsp3) is 0.636. The van der Waals surface area contributed by atoms with Crippen molar-refractivity contribution in [3.8, 4) is 5.75 Å². The molecule has 7 heteroatoms. The zero-order chi connectivity index (χ0) is 21.6. The molecule has 0 aliphatic carbocycles. The van der Waals surface area contributed by atoms with E-state index in [4.69, 9.17) is 4.74 Å². The first-order chi connectivity index (χ1) is 13.9. The molecule has 0 aliphatic heterocycles. The summed E-state index contributed by atoms with van der Waals surface area (Å²) in [4.78, 5) is 19.0. The van der Waals surface area contributed by atoms with Crippen molar-refractivity contribution in [2.45, 2.75) is 59.7 Å². The molecule has 1 rings (SSSR count). The number of aliphatic imine (C=N–C) groups is 1. The van der Waals surface area contributed by atoms with E-state index in [0.29, 0.717) is 24.6 Å². The molecular weight excluding hydrogens is 366 g/mol. The van der Waals surface area contributed by atoms with Crippen LogP contribution in [-0.4, -0.2) is 62.1 Å². The highest BCUT2D eigenvalue weighted by molar-refractivity contribution is 5.84. The molecule has 0 fully saturated rings. The van der Waals surface area contributed by atoms with Gasteiger partial charge in [-0.1, -0.05) is 12.1 Å². The van der Waals surface area contributed by atoms with E-state index in [0.717, 1.165) is 37.4 Å². The first-order valence-electron chi connectivity index (χ1n) is 10.5. The molecule has 0 heterocycles. The molecule has 164 valence electrons. The van der Waals surface area contributed by atoms with E-state index in [1.54, 1.807) is 7.11 Å². The Morgan fingerprint density at radius 3 is 2.28 bits per heavy atom. The SMILES string of the molecule is CCNC(=NCC(=O)NCc1ccc(OC)cc1)NCCCN(C(C)C)C(C)C. The summed E-state index contributed by atoms with van der Waals surface area (Å²) >= 11 is 0. The molecule has 0 aromatic heterocycles. The fourth-order valence-corrected chi connectivity index (χ4v) is 3.07. The first-order valence-corrected chi connectivity index (χ1v) is 10.5. The van der Waals surface area contributed by atoms with Crippen LogP contribution in [0.3, 0.4) is 0 Å². The highest BCUT2D eigenvalue weighted by Crippen LogP contribution is 2.10. The Morgan fingerprint density at radius 2 is 1.72 bits per heavy atom. The molecular formula is C22H39N5O2. The van der Waals surface area contributed by atoms with Gasteiger partial charge in [0.2, 0.25) is 5.91 Å². The summed E-state index contributed by atoms with van der Waals surface area (Å²) in [5.74, 6) is 1.37. The Balaban J connectivity index is 2.40. The van der Waals surface area contributed by atoms with Gasteiger partial charge in [0, 0.05) is 38.3 Å². The minimum atomic E-state index is -0.108. The molecule has 7 nitrogen and oxygen atoms in total. The van der Waals surface area contributed by atoms with Crippen LogP contribution in [-0.2, 0) is 11.3 Å². The maximum atomic E-state index is 12.1. The molecule has 1 aromatic rings. The van der Waals surface area contributed by atoms with Gasteiger partial charge in [0.1, 0.15) is 12.3 Å². The van der Waals surface area contributed by atoms with Crippen molar-refractivity contribution in [3.63, 3.8) is 0 Å². The summed E-state index contributed by atoms with van der Waals surface area (Å²) in [5.41, 5.74) is 1.02. The van der Waals surface area contributed by atoms with Crippen LogP contribution in [0.15, 0.2) is 29.3 Å². The second kappa shape index (κ2) is 13.8. The molecule has 1 aromatic carbocycles. The lowest BCUT2D eigenvalue weighted by atomic mass is 10.2. The van der Waals surface area contributed by atoms with Gasteiger partial charge in [0.15, 0.2) is 5.96 Å². The van der Waals surface area contributed by atoms with Crippen molar-refractivity contribution in [1.29, 1.82) is 0 Å². The minimum absolute atomic E-state index is 0.0929. The number of hydrogen-bond acceptors (Lipinski definition) is 4. The molecule has 0 bridgehead atoms. The van der Waals surface area contributed by atoms with E-state index in [-0.39, 0.29) is 12.5 Å². The largest absolute Gasteiger partial charge is 0.497 e. The number of methoxy groups -OCH3 is 1. The molecule has 0 atom stereocenters. The highest BCUT2D eigenvalue weighted by Gasteiger charge is 2.12. The summed E-state index contributed by atoms with van der Waals surface area (Å²) in [5, 5.41) is 9.40. The Labute approximate surface area is 176 Å². The molecule has 3 N–H and O–H groups in total. The lowest BCUT2D eigenvalue weighted by Crippen LogP contribution is -2.41. The Hall–Kier alpha value is -2.28. The summed E-state index contributed by atoms with van der Waals surface area (Å²) in [6, 6.07) is 8.70. The number of carbonyl (C=O) groups excluding carboxylic acids is 1. The van der Waals surface area contributed by atoms with E-state index in [2.05, 4.69) is 53.5 Å². The van der Waals surface area contributed by atoms with Gasteiger partial charge < -0.3 is 20.7 Å². The average Bonchev–Trinajstić information content (AvgIpc) is 2.69. The lowest BCUT2D eigenvalue weighted by Gasteiger charge is -2.30. The quantitative estimate of drug-likeness (QED) is 0.283. The summed E-state index contributed by atoms with van der Waals surface area (Å²) in [7, 11) is 1.63. The van der Waals surface area contributed by atoms with Gasteiger partial charge in [0.25, 0.3) is 0 Å². The number of rotatable bonds is 12. The highest BCUT2D eigenvalue weighted by atomic mass is 16.5. The lowest BCUT2D eigenvalue weighted by molar-refractivity contribution is -0.119. The van der Waals surface area contributed by atoms with E-state index < -0.39 is 0 Å². The number of hydrogen-bond donors (Lipinski definition) is 3. The average molecular weight is 406 g/mol. The monoisotopic (exact) mass is 405 g/mol. The predicted octanol–water partition coefficient (Wildman–Crippen LogP) is 2.38. The summed E-state index contributed by atoms with van der Waals surface area (Å²) in [6.07, 6.45) is 1.02. The van der Waals surface area contributed by atoms with Crippen molar-refractivity contribution in [3.05, 3.63) is 29.8 Å². The van der Waals surface area contributed by atoms with Crippen molar-refractivity contribution in [2.24, 2.45) is 4.99 Å². The van der Waals surface area contributed by atoms with Gasteiger partial charge in [-0.15, -0.1) is 0 Å². The molecule has 0 spiro atoms. The van der Waals surface area contributed by atoms with Gasteiger partial charge in [0.05, 0.1) is 7.11 Å². The fourth-order valence-electron chi connectivity index (χ4n) is 3.07. The van der Waals surface area contributed by atoms with Crippen LogP contribution in [0.5, 0.6) is 5.75 Å². The van der Waals surface area contributed by atoms with Crippen LogP contribution in [0.25, 0.3) is 0 Å². The van der Waals surface area contributed by atoms with Crippen LogP contribution in [0.1, 0.15) is 46.6 Å². The predicted molar refractivity (Wildman–Crippen MR) is 120 cm³/mol. The van der Waals surface area contributed by atoms with Crippen molar-refractivity contribution in [1.82, 2.24) is 20.9 Å². The molecule has 0 radical (unpaired) electrons. The second-order valence-corrected chi connectivity index (χ2v) is 7.53. The molecule has 1 amide bonds. The van der Waals surface area contributed by atoms with Crippen LogP contribution in [0.4, 0.5) is 0 Å². The van der Waals surface area contributed by atoms with Crippen molar-refractivity contribution < 1.29 is 9.53 Å². The topological polar surface area (TPSA) is 78.0 Å². The Morgan fingerprint density at radius 1 is 1.07 bits per heavy atom. The zero-order valence-electron chi connectivity index (χ0n) is 18.9. The maximum Gasteiger partial charge on any atom is 0.242 e. The van der Waals surface area contributed by atoms with E-state index >= 15 is 0 Å². The third kappa shape index (κ3) is 10.2. The van der Waals surface area contributed by atoms with Crippen LogP contribution >= 0.6 is 0 Å². The van der Waals surface area contributed by atoms with Crippen LogP contribution in [0, 0.1) is 0 Å². The standard InChI is InChI=1S/C22H39N5O2/c1-7-23-22(24-13-8-14-27(17(2)3)18(4)5)26-16-21(28)25-15-19-9-11-20(29-6)12-10-19/h9-12,17-18H,7-8,13-16H2,1-6H3,(H,25,28)(H2,23,24,26). The molecule has 0 saturated carbocycles. The van der Waals surface area contributed by atoms with Crippen LogP contribution in [0.2, 0.25) is 0 Å². The summed E-state index contributed by atoms with van der Waals surface area (Å²) < 4.78 is 5.14. The normalized spacial score (nSPS) is 11.8. The number of nitrogens with zero attached hydrogens (tertiary/aromatic N) is 2. The van der Waals surface area contributed by atoms with E-state index in [1.165, 1.54) is 0 Å². The second-order valence-electron chi connectivity index (χ2n) is 7.53. The van der Waals surface area contributed by atoms with Gasteiger partial charge in [-0.3, -0.25) is 9.69 Å². The van der Waals surface area contributed by atoms with E-state index in [9.17, 15) is 4.79 Å². The minimum Gasteiger partial charge on any atom is -0.497 e. The maximum absolute atomic E-state index is 12.1. The third-order valence-corrected chi connectivity index (χ3v) is 4.59. The van der Waals surface area contributed by atoms with Gasteiger partial charge in [-0.05, 0) is 58.7 Å². The van der Waals surface area contributed by atoms with Gasteiger partial charge in [-0.2, -0.15) is 0 Å². The third-order valence-electron chi connectivity index (χ3n) is 4.59. The Kier molecular flexibility index (Phi) is 11.8. The van der Waals surface area contributed by atoms with Crippen LogP contribution < -0.4 is 20.7 Å².